The van der Waals surface area contributed by atoms with Crippen LogP contribution < -0.4 is 10.2 Å². The maximum absolute atomic E-state index is 12.3. The summed E-state index contributed by atoms with van der Waals surface area (Å²) >= 11 is 0. The molecule has 108 valence electrons. The second kappa shape index (κ2) is 5.91. The van der Waals surface area contributed by atoms with Gasteiger partial charge in [0.25, 0.3) is 5.91 Å². The van der Waals surface area contributed by atoms with E-state index >= 15 is 0 Å². The molecule has 3 rings (SSSR count). The molecule has 1 N–H and O–H groups in total. The molecule has 5 heteroatoms. The fourth-order valence-electron chi connectivity index (χ4n) is 2.56. The Kier molecular flexibility index (Phi) is 3.81. The normalized spacial score (nSPS) is 13.2. The number of anilines is 3. The minimum atomic E-state index is -0.156. The SMILES string of the molecule is CCCCCN1c2ccccc2NC(=O)c2cncnc21. The van der Waals surface area contributed by atoms with E-state index in [1.54, 1.807) is 6.20 Å². The summed E-state index contributed by atoms with van der Waals surface area (Å²) in [5.74, 6) is 0.527. The predicted molar refractivity (Wildman–Crippen MR) is 83.0 cm³/mol. The molecular formula is C16H18N4O. The van der Waals surface area contributed by atoms with Crippen molar-refractivity contribution in [2.24, 2.45) is 0 Å². The summed E-state index contributed by atoms with van der Waals surface area (Å²) in [5.41, 5.74) is 2.32. The van der Waals surface area contributed by atoms with Crippen LogP contribution in [0.2, 0.25) is 0 Å². The molecule has 0 spiro atoms. The molecule has 0 atom stereocenters. The summed E-state index contributed by atoms with van der Waals surface area (Å²) in [4.78, 5) is 22.8. The molecule has 0 unspecified atom stereocenters. The van der Waals surface area contributed by atoms with Gasteiger partial charge in [0.1, 0.15) is 17.7 Å². The number of carbonyl (C=O) groups is 1. The standard InChI is InChI=1S/C16H18N4O/c1-2-3-6-9-20-14-8-5-4-7-13(14)19-16(21)12-10-17-11-18-15(12)20/h4-5,7-8,10-11H,2-3,6,9H2,1H3,(H,19,21). The van der Waals surface area contributed by atoms with Crippen molar-refractivity contribution in [1.82, 2.24) is 9.97 Å². The van der Waals surface area contributed by atoms with Gasteiger partial charge in [-0.2, -0.15) is 0 Å². The van der Waals surface area contributed by atoms with Gasteiger partial charge < -0.3 is 10.2 Å². The highest BCUT2D eigenvalue weighted by atomic mass is 16.1. The highest BCUT2D eigenvalue weighted by Gasteiger charge is 2.25. The van der Waals surface area contributed by atoms with Gasteiger partial charge in [0, 0.05) is 12.7 Å². The maximum atomic E-state index is 12.3. The van der Waals surface area contributed by atoms with Gasteiger partial charge in [-0.15, -0.1) is 0 Å². The largest absolute Gasteiger partial charge is 0.324 e. The number of hydrogen-bond acceptors (Lipinski definition) is 4. The summed E-state index contributed by atoms with van der Waals surface area (Å²) in [6.45, 7) is 3.02. The van der Waals surface area contributed by atoms with Gasteiger partial charge >= 0.3 is 0 Å². The molecule has 21 heavy (non-hydrogen) atoms. The molecule has 1 aliphatic rings. The van der Waals surface area contributed by atoms with Gasteiger partial charge in [0.15, 0.2) is 0 Å². The molecule has 1 aliphatic heterocycles. The summed E-state index contributed by atoms with van der Waals surface area (Å²) in [7, 11) is 0. The number of carbonyl (C=O) groups excluding carboxylic acids is 1. The first-order valence-corrected chi connectivity index (χ1v) is 7.29. The molecule has 0 fully saturated rings. The smallest absolute Gasteiger partial charge is 0.261 e. The molecule has 0 saturated carbocycles. The number of para-hydroxylation sites is 2. The number of fused-ring (bicyclic) bond motifs is 2. The average Bonchev–Trinajstić information content (AvgIpc) is 2.63. The highest BCUT2D eigenvalue weighted by Crippen LogP contribution is 2.36. The first-order chi connectivity index (χ1) is 10.3. The first-order valence-electron chi connectivity index (χ1n) is 7.29. The third kappa shape index (κ3) is 2.59. The zero-order valence-electron chi connectivity index (χ0n) is 12.0. The monoisotopic (exact) mass is 282 g/mol. The van der Waals surface area contributed by atoms with Crippen LogP contribution in [-0.2, 0) is 0 Å². The van der Waals surface area contributed by atoms with Gasteiger partial charge in [-0.05, 0) is 18.6 Å². The van der Waals surface area contributed by atoms with Gasteiger partial charge in [0.05, 0.1) is 11.4 Å². The fourth-order valence-corrected chi connectivity index (χ4v) is 2.56. The highest BCUT2D eigenvalue weighted by molar-refractivity contribution is 6.11. The zero-order valence-corrected chi connectivity index (χ0v) is 12.0. The summed E-state index contributed by atoms with van der Waals surface area (Å²) in [5, 5.41) is 2.94. The molecular weight excluding hydrogens is 264 g/mol. The number of amides is 1. The van der Waals surface area contributed by atoms with Crippen molar-refractivity contribution in [1.29, 1.82) is 0 Å². The third-order valence-electron chi connectivity index (χ3n) is 3.62. The molecule has 0 bridgehead atoms. The Morgan fingerprint density at radius 3 is 2.95 bits per heavy atom. The number of rotatable bonds is 4. The van der Waals surface area contributed by atoms with E-state index in [1.165, 1.54) is 6.33 Å². The molecule has 1 aromatic heterocycles. The number of nitrogens with zero attached hydrogens (tertiary/aromatic N) is 3. The maximum Gasteiger partial charge on any atom is 0.261 e. The van der Waals surface area contributed by atoms with Crippen LogP contribution in [0, 0.1) is 0 Å². The van der Waals surface area contributed by atoms with E-state index in [0.717, 1.165) is 37.2 Å². The van der Waals surface area contributed by atoms with Gasteiger partial charge in [0.2, 0.25) is 0 Å². The van der Waals surface area contributed by atoms with E-state index in [0.29, 0.717) is 11.4 Å². The minimum absolute atomic E-state index is 0.156. The Morgan fingerprint density at radius 1 is 1.24 bits per heavy atom. The average molecular weight is 282 g/mol. The lowest BCUT2D eigenvalue weighted by Gasteiger charge is -2.24. The Labute approximate surface area is 124 Å². The quantitative estimate of drug-likeness (QED) is 0.873. The van der Waals surface area contributed by atoms with Crippen LogP contribution >= 0.6 is 0 Å². The van der Waals surface area contributed by atoms with E-state index in [9.17, 15) is 4.79 Å². The van der Waals surface area contributed by atoms with Crippen molar-refractivity contribution >= 4 is 23.1 Å². The number of unbranched alkanes of at least 4 members (excludes halogenated alkanes) is 2. The molecule has 2 aromatic rings. The molecule has 0 saturated heterocycles. The van der Waals surface area contributed by atoms with E-state index in [2.05, 4.69) is 27.1 Å². The first kappa shape index (κ1) is 13.5. The molecule has 1 aromatic carbocycles. The minimum Gasteiger partial charge on any atom is -0.324 e. The molecule has 2 heterocycles. The van der Waals surface area contributed by atoms with Crippen molar-refractivity contribution in [3.05, 3.63) is 42.4 Å². The van der Waals surface area contributed by atoms with Crippen molar-refractivity contribution in [3.8, 4) is 0 Å². The summed E-state index contributed by atoms with van der Waals surface area (Å²) in [6.07, 6.45) is 6.44. The van der Waals surface area contributed by atoms with Crippen molar-refractivity contribution in [2.75, 3.05) is 16.8 Å². The van der Waals surface area contributed by atoms with Crippen LogP contribution in [0.15, 0.2) is 36.8 Å². The van der Waals surface area contributed by atoms with E-state index in [-0.39, 0.29) is 5.91 Å². The molecule has 5 nitrogen and oxygen atoms in total. The number of aromatic nitrogens is 2. The van der Waals surface area contributed by atoms with Crippen LogP contribution in [0.5, 0.6) is 0 Å². The Hall–Kier alpha value is -2.43. The van der Waals surface area contributed by atoms with Crippen LogP contribution in [0.25, 0.3) is 0 Å². The Balaban J connectivity index is 2.07. The van der Waals surface area contributed by atoms with Gasteiger partial charge in [-0.1, -0.05) is 31.9 Å². The zero-order chi connectivity index (χ0) is 14.7. The van der Waals surface area contributed by atoms with Crippen LogP contribution in [0.3, 0.4) is 0 Å². The van der Waals surface area contributed by atoms with E-state index in [1.807, 2.05) is 24.3 Å². The van der Waals surface area contributed by atoms with Crippen molar-refractivity contribution in [2.45, 2.75) is 26.2 Å². The molecule has 0 aliphatic carbocycles. The van der Waals surface area contributed by atoms with E-state index in [4.69, 9.17) is 0 Å². The topological polar surface area (TPSA) is 58.1 Å². The third-order valence-corrected chi connectivity index (χ3v) is 3.62. The van der Waals surface area contributed by atoms with Crippen LogP contribution in [0.1, 0.15) is 36.5 Å². The number of hydrogen-bond donors (Lipinski definition) is 1. The van der Waals surface area contributed by atoms with Crippen LogP contribution in [0.4, 0.5) is 17.2 Å². The van der Waals surface area contributed by atoms with Crippen molar-refractivity contribution < 1.29 is 4.79 Å². The fraction of sp³-hybridized carbons (Fsp3) is 0.312. The summed E-state index contributed by atoms with van der Waals surface area (Å²) in [6, 6.07) is 7.83. The predicted octanol–water partition coefficient (Wildman–Crippen LogP) is 3.37. The lowest BCUT2D eigenvalue weighted by atomic mass is 10.2. The van der Waals surface area contributed by atoms with Crippen LogP contribution in [-0.4, -0.2) is 22.4 Å². The summed E-state index contributed by atoms with van der Waals surface area (Å²) < 4.78 is 0. The van der Waals surface area contributed by atoms with Crippen molar-refractivity contribution in [3.63, 3.8) is 0 Å². The van der Waals surface area contributed by atoms with Gasteiger partial charge in [-0.3, -0.25) is 4.79 Å². The molecule has 0 radical (unpaired) electrons. The molecule has 1 amide bonds. The Bertz CT molecular complexity index is 656. The van der Waals surface area contributed by atoms with Gasteiger partial charge in [-0.25, -0.2) is 9.97 Å². The van der Waals surface area contributed by atoms with E-state index < -0.39 is 0 Å². The lowest BCUT2D eigenvalue weighted by Crippen LogP contribution is -2.21. The second-order valence-corrected chi connectivity index (χ2v) is 5.09. The lowest BCUT2D eigenvalue weighted by molar-refractivity contribution is 0.102. The Morgan fingerprint density at radius 2 is 2.10 bits per heavy atom. The number of benzene rings is 1. The number of nitrogens with one attached hydrogen (secondary N) is 1. The second-order valence-electron chi connectivity index (χ2n) is 5.09.